The van der Waals surface area contributed by atoms with Gasteiger partial charge in [-0.15, -0.1) is 6.58 Å². The van der Waals surface area contributed by atoms with Gasteiger partial charge in [-0.05, 0) is 19.8 Å². The maximum absolute atomic E-state index is 10.8. The van der Waals surface area contributed by atoms with Gasteiger partial charge in [-0.3, -0.25) is 4.79 Å². The number of carbonyl (C=O) groups is 1. The lowest BCUT2D eigenvalue weighted by atomic mass is 10.2. The number of carbonyl (C=O) groups excluding carboxylic acids is 1. The van der Waals surface area contributed by atoms with Crippen LogP contribution in [0.15, 0.2) is 12.7 Å². The van der Waals surface area contributed by atoms with Crippen LogP contribution in [-0.2, 0) is 4.79 Å². The van der Waals surface area contributed by atoms with E-state index in [9.17, 15) is 4.79 Å². The molecule has 0 aromatic heterocycles. The van der Waals surface area contributed by atoms with Gasteiger partial charge in [0.05, 0.1) is 6.54 Å². The van der Waals surface area contributed by atoms with Crippen LogP contribution in [0.5, 0.6) is 0 Å². The van der Waals surface area contributed by atoms with E-state index in [1.54, 1.807) is 7.05 Å². The quantitative estimate of drug-likeness (QED) is 0.575. The van der Waals surface area contributed by atoms with Crippen molar-refractivity contribution in [3.63, 3.8) is 0 Å². The highest BCUT2D eigenvalue weighted by molar-refractivity contribution is 5.77. The second kappa shape index (κ2) is 6.85. The highest BCUT2D eigenvalue weighted by Gasteiger charge is 2.01. The smallest absolute Gasteiger partial charge is 0.233 e. The molecule has 0 aliphatic heterocycles. The van der Waals surface area contributed by atoms with Crippen molar-refractivity contribution in [1.29, 1.82) is 0 Å². The Hall–Kier alpha value is -0.830. The lowest BCUT2D eigenvalue weighted by molar-refractivity contribution is -0.119. The topological polar surface area (TPSA) is 41.1 Å². The summed E-state index contributed by atoms with van der Waals surface area (Å²) in [5.74, 6) is 0.0282. The Kier molecular flexibility index (Phi) is 6.38. The van der Waals surface area contributed by atoms with E-state index < -0.39 is 0 Å². The number of allylic oxidation sites excluding steroid dienone is 1. The monoisotopic (exact) mass is 170 g/mol. The maximum Gasteiger partial charge on any atom is 0.233 e. The molecule has 0 saturated heterocycles. The molecule has 0 aliphatic rings. The predicted octanol–water partition coefficient (Wildman–Crippen LogP) is 0.677. The third-order valence-electron chi connectivity index (χ3n) is 1.69. The van der Waals surface area contributed by atoms with Gasteiger partial charge in [0.1, 0.15) is 0 Å². The Morgan fingerprint density at radius 1 is 1.67 bits per heavy atom. The Labute approximate surface area is 74.2 Å². The van der Waals surface area contributed by atoms with E-state index in [2.05, 4.69) is 24.1 Å². The molecule has 1 unspecified atom stereocenters. The Balaban J connectivity index is 3.36. The minimum atomic E-state index is 0.0282. The van der Waals surface area contributed by atoms with Gasteiger partial charge in [0.15, 0.2) is 0 Å². The second-order valence-corrected chi connectivity index (χ2v) is 2.82. The summed E-state index contributed by atoms with van der Waals surface area (Å²) in [6, 6.07) is 0.375. The molecule has 1 amide bonds. The van der Waals surface area contributed by atoms with Crippen LogP contribution in [0.2, 0.25) is 0 Å². The molecule has 70 valence electrons. The van der Waals surface area contributed by atoms with Gasteiger partial charge < -0.3 is 10.6 Å². The first-order valence-corrected chi connectivity index (χ1v) is 4.25. The van der Waals surface area contributed by atoms with Gasteiger partial charge in [0.25, 0.3) is 0 Å². The fraction of sp³-hybridized carbons (Fsp3) is 0.667. The highest BCUT2D eigenvalue weighted by Crippen LogP contribution is 1.95. The van der Waals surface area contributed by atoms with Crippen LogP contribution in [0.1, 0.15) is 19.8 Å². The number of hydrogen-bond acceptors (Lipinski definition) is 2. The molecule has 0 aromatic rings. The summed E-state index contributed by atoms with van der Waals surface area (Å²) in [4.78, 5) is 10.8. The minimum Gasteiger partial charge on any atom is -0.358 e. The van der Waals surface area contributed by atoms with Crippen LogP contribution in [-0.4, -0.2) is 25.5 Å². The summed E-state index contributed by atoms with van der Waals surface area (Å²) in [5.41, 5.74) is 0. The lowest BCUT2D eigenvalue weighted by Crippen LogP contribution is -2.36. The van der Waals surface area contributed by atoms with E-state index in [1.165, 1.54) is 0 Å². The molecule has 0 radical (unpaired) electrons. The summed E-state index contributed by atoms with van der Waals surface area (Å²) in [6.45, 7) is 6.10. The standard InChI is InChI=1S/C9H18N2O/c1-4-5-6-8(2)11-7-9(12)10-3/h4,8,11H,1,5-7H2,2-3H3,(H,10,12). The van der Waals surface area contributed by atoms with Crippen molar-refractivity contribution in [2.24, 2.45) is 0 Å². The van der Waals surface area contributed by atoms with E-state index in [4.69, 9.17) is 0 Å². The zero-order valence-electron chi connectivity index (χ0n) is 7.89. The number of nitrogens with one attached hydrogen (secondary N) is 2. The fourth-order valence-electron chi connectivity index (χ4n) is 0.825. The summed E-state index contributed by atoms with van der Waals surface area (Å²) in [5, 5.41) is 5.66. The van der Waals surface area contributed by atoms with Crippen LogP contribution in [0, 0.1) is 0 Å². The first-order chi connectivity index (χ1) is 5.70. The van der Waals surface area contributed by atoms with Crippen LogP contribution < -0.4 is 10.6 Å². The van der Waals surface area contributed by atoms with E-state index in [-0.39, 0.29) is 5.91 Å². The van der Waals surface area contributed by atoms with Crippen molar-refractivity contribution in [3.8, 4) is 0 Å². The fourth-order valence-corrected chi connectivity index (χ4v) is 0.825. The van der Waals surface area contributed by atoms with Crippen molar-refractivity contribution in [3.05, 3.63) is 12.7 Å². The SMILES string of the molecule is C=CCCC(C)NCC(=O)NC. The van der Waals surface area contributed by atoms with Gasteiger partial charge >= 0.3 is 0 Å². The molecule has 3 heteroatoms. The number of rotatable bonds is 6. The zero-order chi connectivity index (χ0) is 9.40. The van der Waals surface area contributed by atoms with E-state index in [0.29, 0.717) is 12.6 Å². The summed E-state index contributed by atoms with van der Waals surface area (Å²) < 4.78 is 0. The van der Waals surface area contributed by atoms with Crippen molar-refractivity contribution in [2.45, 2.75) is 25.8 Å². The number of amides is 1. The normalized spacial score (nSPS) is 12.2. The summed E-state index contributed by atoms with van der Waals surface area (Å²) >= 11 is 0. The predicted molar refractivity (Wildman–Crippen MR) is 51.0 cm³/mol. The maximum atomic E-state index is 10.8. The molecule has 0 heterocycles. The first kappa shape index (κ1) is 11.2. The van der Waals surface area contributed by atoms with Gasteiger partial charge in [0, 0.05) is 13.1 Å². The molecule has 1 atom stereocenters. The molecule has 0 spiro atoms. The van der Waals surface area contributed by atoms with Gasteiger partial charge in [-0.1, -0.05) is 6.08 Å². The molecule has 0 saturated carbocycles. The Morgan fingerprint density at radius 3 is 2.83 bits per heavy atom. The molecule has 0 fully saturated rings. The van der Waals surface area contributed by atoms with E-state index in [1.807, 2.05) is 6.08 Å². The number of hydrogen-bond donors (Lipinski definition) is 2. The average Bonchev–Trinajstić information content (AvgIpc) is 2.10. The molecule has 12 heavy (non-hydrogen) atoms. The third-order valence-corrected chi connectivity index (χ3v) is 1.69. The summed E-state index contributed by atoms with van der Waals surface area (Å²) in [6.07, 6.45) is 3.90. The lowest BCUT2D eigenvalue weighted by Gasteiger charge is -2.11. The molecule has 0 bridgehead atoms. The van der Waals surface area contributed by atoms with Crippen LogP contribution in [0.25, 0.3) is 0 Å². The molecule has 0 aromatic carbocycles. The zero-order valence-corrected chi connectivity index (χ0v) is 7.89. The Bertz CT molecular complexity index is 145. The third kappa shape index (κ3) is 5.92. The molecule has 2 N–H and O–H groups in total. The van der Waals surface area contributed by atoms with Gasteiger partial charge in [-0.2, -0.15) is 0 Å². The van der Waals surface area contributed by atoms with Crippen molar-refractivity contribution in [2.75, 3.05) is 13.6 Å². The molecule has 0 aliphatic carbocycles. The molecular formula is C9H18N2O. The van der Waals surface area contributed by atoms with E-state index >= 15 is 0 Å². The van der Waals surface area contributed by atoms with Crippen LogP contribution in [0.3, 0.4) is 0 Å². The Morgan fingerprint density at radius 2 is 2.33 bits per heavy atom. The van der Waals surface area contributed by atoms with E-state index in [0.717, 1.165) is 12.8 Å². The largest absolute Gasteiger partial charge is 0.358 e. The molecular weight excluding hydrogens is 152 g/mol. The van der Waals surface area contributed by atoms with Gasteiger partial charge in [0.2, 0.25) is 5.91 Å². The van der Waals surface area contributed by atoms with Crippen molar-refractivity contribution in [1.82, 2.24) is 10.6 Å². The van der Waals surface area contributed by atoms with Crippen LogP contribution >= 0.6 is 0 Å². The first-order valence-electron chi connectivity index (χ1n) is 4.25. The number of likely N-dealkylation sites (N-methyl/N-ethyl adjacent to an activating group) is 1. The molecule has 3 nitrogen and oxygen atoms in total. The summed E-state index contributed by atoms with van der Waals surface area (Å²) in [7, 11) is 1.64. The average molecular weight is 170 g/mol. The highest BCUT2D eigenvalue weighted by atomic mass is 16.1. The van der Waals surface area contributed by atoms with Gasteiger partial charge in [-0.25, -0.2) is 0 Å². The van der Waals surface area contributed by atoms with Crippen LogP contribution in [0.4, 0.5) is 0 Å². The van der Waals surface area contributed by atoms with Crippen molar-refractivity contribution >= 4 is 5.91 Å². The minimum absolute atomic E-state index is 0.0282. The second-order valence-electron chi connectivity index (χ2n) is 2.82. The van der Waals surface area contributed by atoms with Crippen molar-refractivity contribution < 1.29 is 4.79 Å². The molecule has 0 rings (SSSR count).